The van der Waals surface area contributed by atoms with Crippen molar-refractivity contribution in [2.24, 2.45) is 5.92 Å². The fourth-order valence-electron chi connectivity index (χ4n) is 1.82. The Morgan fingerprint density at radius 3 is 2.22 bits per heavy atom. The average molecular weight is 250 g/mol. The van der Waals surface area contributed by atoms with Crippen LogP contribution in [0.25, 0.3) is 0 Å². The maximum Gasteiger partial charge on any atom is 0.308 e. The number of hydrogen-bond acceptors (Lipinski definition) is 3. The number of hydrogen-bond donors (Lipinski definition) is 0. The Kier molecular flexibility index (Phi) is 5.20. The fraction of sp³-hybridized carbons (Fsp3) is 0.533. The molecule has 0 N–H and O–H groups in total. The van der Waals surface area contributed by atoms with E-state index in [0.717, 1.165) is 22.4 Å². The van der Waals surface area contributed by atoms with Crippen molar-refractivity contribution in [1.82, 2.24) is 0 Å². The summed E-state index contributed by atoms with van der Waals surface area (Å²) < 4.78 is 10.8. The summed E-state index contributed by atoms with van der Waals surface area (Å²) in [6.45, 7) is 10.6. The van der Waals surface area contributed by atoms with Crippen LogP contribution < -0.4 is 4.74 Å². The Hall–Kier alpha value is -1.51. The van der Waals surface area contributed by atoms with E-state index in [4.69, 9.17) is 9.47 Å². The van der Waals surface area contributed by atoms with Gasteiger partial charge < -0.3 is 9.47 Å². The first-order valence-corrected chi connectivity index (χ1v) is 6.35. The monoisotopic (exact) mass is 250 g/mol. The van der Waals surface area contributed by atoms with Crippen molar-refractivity contribution in [3.63, 3.8) is 0 Å². The highest BCUT2D eigenvalue weighted by molar-refractivity contribution is 5.71. The van der Waals surface area contributed by atoms with E-state index in [9.17, 15) is 4.79 Å². The van der Waals surface area contributed by atoms with Crippen molar-refractivity contribution >= 4 is 5.97 Å². The molecule has 18 heavy (non-hydrogen) atoms. The smallest absolute Gasteiger partial charge is 0.308 e. The number of rotatable bonds is 5. The van der Waals surface area contributed by atoms with Gasteiger partial charge in [0.05, 0.1) is 12.5 Å². The topological polar surface area (TPSA) is 35.5 Å². The number of esters is 1. The zero-order chi connectivity index (χ0) is 13.7. The van der Waals surface area contributed by atoms with E-state index in [2.05, 4.69) is 0 Å². The highest BCUT2D eigenvalue weighted by Crippen LogP contribution is 2.25. The summed E-state index contributed by atoms with van der Waals surface area (Å²) in [5.41, 5.74) is 3.15. The van der Waals surface area contributed by atoms with E-state index in [1.165, 1.54) is 0 Å². The molecule has 0 saturated heterocycles. The van der Waals surface area contributed by atoms with E-state index in [1.807, 2.05) is 46.8 Å². The molecule has 1 aromatic rings. The molecule has 0 aromatic heterocycles. The summed E-state index contributed by atoms with van der Waals surface area (Å²) in [6.07, 6.45) is 0. The van der Waals surface area contributed by atoms with Gasteiger partial charge in [0, 0.05) is 0 Å². The van der Waals surface area contributed by atoms with Crippen LogP contribution in [0.4, 0.5) is 0 Å². The molecule has 0 amide bonds. The quantitative estimate of drug-likeness (QED) is 0.751. The van der Waals surface area contributed by atoms with E-state index in [0.29, 0.717) is 13.2 Å². The normalized spacial score (nSPS) is 10.6. The average Bonchev–Trinajstić information content (AvgIpc) is 2.30. The summed E-state index contributed by atoms with van der Waals surface area (Å²) in [4.78, 5) is 11.4. The Labute approximate surface area is 109 Å². The first-order valence-electron chi connectivity index (χ1n) is 6.35. The maximum absolute atomic E-state index is 11.4. The molecule has 3 heteroatoms. The van der Waals surface area contributed by atoms with Crippen molar-refractivity contribution < 1.29 is 14.3 Å². The molecule has 1 aromatic carbocycles. The summed E-state index contributed by atoms with van der Waals surface area (Å²) in [5, 5.41) is 0. The van der Waals surface area contributed by atoms with Gasteiger partial charge in [-0.2, -0.15) is 0 Å². The van der Waals surface area contributed by atoms with Crippen LogP contribution in [-0.2, 0) is 16.1 Å². The minimum Gasteiger partial charge on any atom is -0.493 e. The molecule has 0 saturated carbocycles. The van der Waals surface area contributed by atoms with Gasteiger partial charge in [0.15, 0.2) is 0 Å². The van der Waals surface area contributed by atoms with Crippen molar-refractivity contribution in [2.75, 3.05) is 6.61 Å². The third-order valence-corrected chi connectivity index (χ3v) is 2.66. The van der Waals surface area contributed by atoms with Gasteiger partial charge in [0.2, 0.25) is 0 Å². The molecule has 0 bridgehead atoms. The zero-order valence-electron chi connectivity index (χ0n) is 11.9. The third kappa shape index (κ3) is 3.76. The van der Waals surface area contributed by atoms with E-state index in [1.54, 1.807) is 0 Å². The predicted octanol–water partition coefficient (Wildman–Crippen LogP) is 3.40. The van der Waals surface area contributed by atoms with Gasteiger partial charge in [-0.25, -0.2) is 0 Å². The highest BCUT2D eigenvalue weighted by atomic mass is 16.5. The molecule has 100 valence electrons. The fourth-order valence-corrected chi connectivity index (χ4v) is 1.82. The van der Waals surface area contributed by atoms with Crippen molar-refractivity contribution in [1.29, 1.82) is 0 Å². The van der Waals surface area contributed by atoms with Gasteiger partial charge in [0.25, 0.3) is 0 Å². The van der Waals surface area contributed by atoms with Gasteiger partial charge in [-0.15, -0.1) is 0 Å². The van der Waals surface area contributed by atoms with Crippen LogP contribution >= 0.6 is 0 Å². The lowest BCUT2D eigenvalue weighted by atomic mass is 10.1. The number of aryl methyl sites for hydroxylation is 2. The molecule has 0 aliphatic carbocycles. The Bertz CT molecular complexity index is 399. The van der Waals surface area contributed by atoms with Crippen molar-refractivity contribution in [2.45, 2.75) is 41.2 Å². The molecule has 0 unspecified atom stereocenters. The first-order chi connectivity index (χ1) is 8.45. The molecule has 0 radical (unpaired) electrons. The SMILES string of the molecule is CCOc1c(C)cc(COC(=O)C(C)C)cc1C. The number of carbonyl (C=O) groups excluding carboxylic acids is 1. The zero-order valence-corrected chi connectivity index (χ0v) is 11.9. The van der Waals surface area contributed by atoms with E-state index >= 15 is 0 Å². The van der Waals surface area contributed by atoms with Crippen molar-refractivity contribution in [3.05, 3.63) is 28.8 Å². The van der Waals surface area contributed by atoms with Gasteiger partial charge >= 0.3 is 5.97 Å². The molecule has 0 spiro atoms. The summed E-state index contributed by atoms with van der Waals surface area (Å²) >= 11 is 0. The molecule has 0 heterocycles. The van der Waals surface area contributed by atoms with E-state index < -0.39 is 0 Å². The number of carbonyl (C=O) groups is 1. The van der Waals surface area contributed by atoms with Crippen LogP contribution in [0.2, 0.25) is 0 Å². The third-order valence-electron chi connectivity index (χ3n) is 2.66. The standard InChI is InChI=1S/C15H22O3/c1-6-17-14-11(4)7-13(8-12(14)5)9-18-15(16)10(2)3/h7-8,10H,6,9H2,1-5H3. The van der Waals surface area contributed by atoms with Gasteiger partial charge in [-0.3, -0.25) is 4.79 Å². The second-order valence-electron chi connectivity index (χ2n) is 4.75. The minimum absolute atomic E-state index is 0.0881. The lowest BCUT2D eigenvalue weighted by Gasteiger charge is -2.13. The van der Waals surface area contributed by atoms with Crippen LogP contribution in [0.5, 0.6) is 5.75 Å². The van der Waals surface area contributed by atoms with E-state index in [-0.39, 0.29) is 11.9 Å². The summed E-state index contributed by atoms with van der Waals surface area (Å²) in [6, 6.07) is 4.01. The minimum atomic E-state index is -0.167. The Balaban J connectivity index is 2.77. The van der Waals surface area contributed by atoms with Gasteiger partial charge in [-0.05, 0) is 49.6 Å². The number of ether oxygens (including phenoxy) is 2. The van der Waals surface area contributed by atoms with Gasteiger partial charge in [0.1, 0.15) is 12.4 Å². The number of benzene rings is 1. The molecule has 0 aliphatic heterocycles. The summed E-state index contributed by atoms with van der Waals surface area (Å²) in [7, 11) is 0. The lowest BCUT2D eigenvalue weighted by Crippen LogP contribution is -2.11. The Morgan fingerprint density at radius 2 is 1.78 bits per heavy atom. The van der Waals surface area contributed by atoms with Crippen LogP contribution in [-0.4, -0.2) is 12.6 Å². The highest BCUT2D eigenvalue weighted by Gasteiger charge is 2.10. The second kappa shape index (κ2) is 6.43. The predicted molar refractivity (Wildman–Crippen MR) is 71.7 cm³/mol. The van der Waals surface area contributed by atoms with Crippen molar-refractivity contribution in [3.8, 4) is 5.75 Å². The van der Waals surface area contributed by atoms with Gasteiger partial charge in [-0.1, -0.05) is 13.8 Å². The Morgan fingerprint density at radius 1 is 1.22 bits per heavy atom. The first kappa shape index (κ1) is 14.6. The maximum atomic E-state index is 11.4. The van der Waals surface area contributed by atoms with Crippen LogP contribution in [0.3, 0.4) is 0 Å². The summed E-state index contributed by atoms with van der Waals surface area (Å²) in [5.74, 6) is 0.672. The lowest BCUT2D eigenvalue weighted by molar-refractivity contribution is -0.148. The van der Waals surface area contributed by atoms with Crippen LogP contribution in [0.1, 0.15) is 37.5 Å². The molecule has 0 aliphatic rings. The van der Waals surface area contributed by atoms with Crippen LogP contribution in [0.15, 0.2) is 12.1 Å². The molecular weight excluding hydrogens is 228 g/mol. The molecule has 1 rings (SSSR count). The molecule has 3 nitrogen and oxygen atoms in total. The molecular formula is C15H22O3. The largest absolute Gasteiger partial charge is 0.493 e. The van der Waals surface area contributed by atoms with Crippen LogP contribution in [0, 0.1) is 19.8 Å². The molecule has 0 atom stereocenters. The molecule has 0 fully saturated rings. The second-order valence-corrected chi connectivity index (χ2v) is 4.75.